The minimum atomic E-state index is -2.01. The number of benzene rings is 3. The molecule has 1 aliphatic heterocycles. The smallest absolute Gasteiger partial charge is 0.497 e. The van der Waals surface area contributed by atoms with Crippen LogP contribution in [0.1, 0.15) is 69.0 Å². The van der Waals surface area contributed by atoms with Crippen molar-refractivity contribution in [2.24, 2.45) is 0 Å². The van der Waals surface area contributed by atoms with E-state index < -0.39 is 38.3 Å². The van der Waals surface area contributed by atoms with Crippen molar-refractivity contribution in [3.05, 3.63) is 118 Å². The Bertz CT molecular complexity index is 1810. The number of hydrogen-bond acceptors (Lipinski definition) is 10. The van der Waals surface area contributed by atoms with Crippen LogP contribution in [0.15, 0.2) is 89.9 Å². The van der Waals surface area contributed by atoms with Crippen molar-refractivity contribution in [2.45, 2.75) is 88.9 Å². The van der Waals surface area contributed by atoms with Crippen LogP contribution in [0.2, 0.25) is 5.32 Å². The molecule has 0 bridgehead atoms. The molecule has 2 heterocycles. The van der Waals surface area contributed by atoms with Gasteiger partial charge in [-0.25, -0.2) is 0 Å². The minimum Gasteiger partial charge on any atom is -0.497 e. The molecule has 282 valence electrons. The SMILES string of the molecule is COc1ccc(C(OC[C@H]2O[C@@H](n3cc(C)c([Se]CCC#N)nc3=O)C[C@@H]2OP(O)N(C(C)C)C(C)C)(c2ccccc2)c2ccc(OC)cc2)cc1. The zero-order valence-corrected chi connectivity index (χ0v) is 33.9. The maximum absolute atomic E-state index is 13.5. The molecule has 4 atom stereocenters. The van der Waals surface area contributed by atoms with Crippen molar-refractivity contribution < 1.29 is 28.4 Å². The Balaban J connectivity index is 1.56. The van der Waals surface area contributed by atoms with Gasteiger partial charge in [0, 0.05) is 0 Å². The number of ether oxygens (including phenoxy) is 4. The average Bonchev–Trinajstić information content (AvgIpc) is 3.55. The zero-order chi connectivity index (χ0) is 38.1. The van der Waals surface area contributed by atoms with E-state index in [2.05, 4.69) is 11.1 Å². The monoisotopic (exact) mass is 808 g/mol. The Kier molecular flexibility index (Phi) is 14.2. The van der Waals surface area contributed by atoms with Gasteiger partial charge in [-0.3, -0.25) is 0 Å². The van der Waals surface area contributed by atoms with Gasteiger partial charge in [-0.1, -0.05) is 18.2 Å². The molecule has 0 amide bonds. The molecule has 13 heteroatoms. The van der Waals surface area contributed by atoms with Crippen molar-refractivity contribution in [1.29, 1.82) is 5.26 Å². The summed E-state index contributed by atoms with van der Waals surface area (Å²) in [5.74, 6) is 1.42. The standard InChI is InChI=1S/C40H49N4O7PSe/c1-27(2)44(28(3)4)52(46)51-35-24-37(43-25-29(5)38(42-39(43)45)53-23-11-22-41)50-36(35)26-49-40(30-12-9-8-10-13-30,31-14-18-33(47-6)19-15-31)32-16-20-34(48-7)21-17-32/h8-10,12-21,25,27-28,35-37,46H,11,23-24,26H2,1-7H3/t35-,36+,37+,52?/m0/s1. The Hall–Kier alpha value is -3.62. The summed E-state index contributed by atoms with van der Waals surface area (Å²) in [6.07, 6.45) is 0.482. The summed E-state index contributed by atoms with van der Waals surface area (Å²) in [7, 11) is 1.25. The summed E-state index contributed by atoms with van der Waals surface area (Å²) in [5, 5.41) is 9.68. The molecule has 0 radical (unpaired) electrons. The normalized spacial score (nSPS) is 18.0. The molecule has 1 unspecified atom stereocenters. The first kappa shape index (κ1) is 40.6. The number of hydrogen-bond donors (Lipinski definition) is 1. The van der Waals surface area contributed by atoms with E-state index >= 15 is 0 Å². The van der Waals surface area contributed by atoms with Gasteiger partial charge in [-0.05, 0) is 24.3 Å². The Labute approximate surface area is 320 Å². The van der Waals surface area contributed by atoms with Crippen molar-refractivity contribution in [2.75, 3.05) is 20.8 Å². The fourth-order valence-corrected chi connectivity index (χ4v) is 9.74. The van der Waals surface area contributed by atoms with Gasteiger partial charge < -0.3 is 9.47 Å². The third kappa shape index (κ3) is 9.37. The average molecular weight is 808 g/mol. The summed E-state index contributed by atoms with van der Waals surface area (Å²) in [6, 6.07) is 27.8. The van der Waals surface area contributed by atoms with Gasteiger partial charge in [-0.15, -0.1) is 0 Å². The quantitative estimate of drug-likeness (QED) is 0.0566. The number of nitrogens with zero attached hydrogens (tertiary/aromatic N) is 4. The molecule has 0 saturated carbocycles. The summed E-state index contributed by atoms with van der Waals surface area (Å²) in [6.45, 7) is 10.1. The van der Waals surface area contributed by atoms with E-state index in [-0.39, 0.29) is 33.6 Å². The second-order valence-electron chi connectivity index (χ2n) is 13.3. The first-order valence-electron chi connectivity index (χ1n) is 17.7. The fourth-order valence-electron chi connectivity index (χ4n) is 6.68. The molecular weight excluding hydrogens is 758 g/mol. The van der Waals surface area contributed by atoms with E-state index in [0.717, 1.165) is 26.8 Å². The van der Waals surface area contributed by atoms with Gasteiger partial charge in [0.15, 0.2) is 0 Å². The third-order valence-electron chi connectivity index (χ3n) is 9.15. The van der Waals surface area contributed by atoms with Crippen LogP contribution in [-0.2, 0) is 19.6 Å². The van der Waals surface area contributed by atoms with Gasteiger partial charge in [0.1, 0.15) is 11.5 Å². The molecule has 53 heavy (non-hydrogen) atoms. The summed E-state index contributed by atoms with van der Waals surface area (Å²) < 4.78 is 35.6. The minimum absolute atomic E-state index is 0.0275. The summed E-state index contributed by atoms with van der Waals surface area (Å²) in [4.78, 5) is 29.4. The number of aryl methyl sites for hydroxylation is 1. The molecule has 0 spiro atoms. The van der Waals surface area contributed by atoms with E-state index in [9.17, 15) is 9.69 Å². The Morgan fingerprint density at radius 1 is 0.981 bits per heavy atom. The van der Waals surface area contributed by atoms with Crippen LogP contribution >= 0.6 is 8.53 Å². The molecule has 11 nitrogen and oxygen atoms in total. The number of nitriles is 1. The molecule has 1 N–H and O–H groups in total. The van der Waals surface area contributed by atoms with Crippen LogP contribution in [0.3, 0.4) is 0 Å². The number of aromatic nitrogens is 2. The molecule has 3 aromatic carbocycles. The van der Waals surface area contributed by atoms with Gasteiger partial charge in [0.25, 0.3) is 0 Å². The number of methoxy groups -OCH3 is 2. The predicted octanol–water partition coefficient (Wildman–Crippen LogP) is 6.25. The maximum atomic E-state index is 13.5. The van der Waals surface area contributed by atoms with Gasteiger partial charge >= 0.3 is 243 Å². The van der Waals surface area contributed by atoms with Gasteiger partial charge in [-0.2, -0.15) is 0 Å². The van der Waals surface area contributed by atoms with E-state index in [4.69, 9.17) is 28.7 Å². The fraction of sp³-hybridized carbons (Fsp3) is 0.425. The molecule has 1 aliphatic rings. The predicted molar refractivity (Wildman–Crippen MR) is 207 cm³/mol. The van der Waals surface area contributed by atoms with Gasteiger partial charge in [0.05, 0.1) is 14.2 Å². The molecular formula is C40H49N4O7PSe. The molecule has 1 saturated heterocycles. The van der Waals surface area contributed by atoms with Crippen molar-refractivity contribution in [3.8, 4) is 17.6 Å². The summed E-state index contributed by atoms with van der Waals surface area (Å²) >= 11 is -0.0931. The Morgan fingerprint density at radius 3 is 2.08 bits per heavy atom. The zero-order valence-electron chi connectivity index (χ0n) is 31.3. The first-order chi connectivity index (χ1) is 25.5. The van der Waals surface area contributed by atoms with Crippen LogP contribution in [-0.4, -0.2) is 79.2 Å². The second kappa shape index (κ2) is 18.6. The molecule has 1 fully saturated rings. The van der Waals surface area contributed by atoms with Crippen LogP contribution in [0.5, 0.6) is 11.5 Å². The molecule has 1 aromatic heterocycles. The van der Waals surface area contributed by atoms with E-state index in [1.165, 1.54) is 4.57 Å². The molecule has 5 rings (SSSR count). The molecule has 4 aromatic rings. The van der Waals surface area contributed by atoms with E-state index in [0.29, 0.717) is 29.7 Å². The topological polar surface area (TPSA) is 128 Å². The number of rotatable bonds is 17. The third-order valence-corrected chi connectivity index (χ3v) is 13.2. The van der Waals surface area contributed by atoms with Crippen LogP contribution < -0.4 is 19.8 Å². The van der Waals surface area contributed by atoms with E-state index in [1.807, 2.05) is 118 Å². The molecule has 0 aliphatic carbocycles. The van der Waals surface area contributed by atoms with E-state index in [1.54, 1.807) is 20.4 Å². The Morgan fingerprint density at radius 2 is 1.55 bits per heavy atom. The second-order valence-corrected chi connectivity index (χ2v) is 16.8. The van der Waals surface area contributed by atoms with Crippen LogP contribution in [0.25, 0.3) is 0 Å². The van der Waals surface area contributed by atoms with Crippen molar-refractivity contribution in [3.63, 3.8) is 0 Å². The van der Waals surface area contributed by atoms with Crippen LogP contribution in [0, 0.1) is 18.3 Å². The van der Waals surface area contributed by atoms with Crippen LogP contribution in [0.4, 0.5) is 0 Å². The van der Waals surface area contributed by atoms with Gasteiger partial charge in [0.2, 0.25) is 0 Å². The summed E-state index contributed by atoms with van der Waals surface area (Å²) in [5.41, 5.74) is 1.94. The van der Waals surface area contributed by atoms with Crippen molar-refractivity contribution >= 4 is 28.1 Å². The van der Waals surface area contributed by atoms with Crippen molar-refractivity contribution in [1.82, 2.24) is 14.2 Å². The first-order valence-corrected chi connectivity index (χ1v) is 20.9.